The summed E-state index contributed by atoms with van der Waals surface area (Å²) < 4.78 is 1.80. The van der Waals surface area contributed by atoms with E-state index >= 15 is 0 Å². The van der Waals surface area contributed by atoms with Gasteiger partial charge in [-0.05, 0) is 12.0 Å². The number of fused-ring (bicyclic) bond motifs is 1. The summed E-state index contributed by atoms with van der Waals surface area (Å²) >= 11 is 0. The number of hydrogen-bond acceptors (Lipinski definition) is 3. The molecule has 13 heavy (non-hydrogen) atoms. The third kappa shape index (κ3) is 1.14. The van der Waals surface area contributed by atoms with Crippen LogP contribution in [0.2, 0.25) is 0 Å². The highest BCUT2D eigenvalue weighted by atomic mass is 15.1. The smallest absolute Gasteiger partial charge is 0.235 e. The van der Waals surface area contributed by atoms with E-state index in [2.05, 4.69) is 23.8 Å². The normalized spacial score (nSPS) is 11.3. The molecule has 0 saturated carbocycles. The van der Waals surface area contributed by atoms with E-state index < -0.39 is 0 Å². The highest BCUT2D eigenvalue weighted by Crippen LogP contribution is 2.20. The van der Waals surface area contributed by atoms with Gasteiger partial charge in [-0.25, -0.2) is 9.97 Å². The van der Waals surface area contributed by atoms with Gasteiger partial charge < -0.3 is 5.73 Å². The van der Waals surface area contributed by atoms with Gasteiger partial charge in [0.25, 0.3) is 0 Å². The molecule has 2 aromatic heterocycles. The Morgan fingerprint density at radius 2 is 2.23 bits per heavy atom. The maximum atomic E-state index is 5.90. The lowest BCUT2D eigenvalue weighted by molar-refractivity contribution is 0.837. The molecule has 0 saturated heterocycles. The van der Waals surface area contributed by atoms with E-state index in [1.165, 1.54) is 0 Å². The summed E-state index contributed by atoms with van der Waals surface area (Å²) in [6, 6.07) is 1.84. The van der Waals surface area contributed by atoms with E-state index in [1.807, 2.05) is 12.3 Å². The van der Waals surface area contributed by atoms with Crippen LogP contribution in [0.15, 0.2) is 18.5 Å². The minimum Gasteiger partial charge on any atom is -0.383 e. The summed E-state index contributed by atoms with van der Waals surface area (Å²) in [4.78, 5) is 8.46. The quantitative estimate of drug-likeness (QED) is 0.715. The Morgan fingerprint density at radius 3 is 2.85 bits per heavy atom. The van der Waals surface area contributed by atoms with Crippen molar-refractivity contribution in [1.82, 2.24) is 14.4 Å². The Hall–Kier alpha value is -1.58. The van der Waals surface area contributed by atoms with Crippen molar-refractivity contribution in [3.05, 3.63) is 24.2 Å². The molecule has 0 aliphatic rings. The molecule has 0 fully saturated rings. The number of nitrogen functional groups attached to an aromatic ring is 1. The van der Waals surface area contributed by atoms with E-state index in [-0.39, 0.29) is 0 Å². The van der Waals surface area contributed by atoms with Crippen LogP contribution in [0.4, 0.5) is 5.82 Å². The summed E-state index contributed by atoms with van der Waals surface area (Å²) in [5.74, 6) is 1.70. The number of anilines is 1. The van der Waals surface area contributed by atoms with Gasteiger partial charge in [-0.2, -0.15) is 0 Å². The molecule has 0 bridgehead atoms. The van der Waals surface area contributed by atoms with E-state index in [9.17, 15) is 0 Å². The fraction of sp³-hybridized carbons (Fsp3) is 0.333. The Balaban J connectivity index is 2.74. The van der Waals surface area contributed by atoms with E-state index in [1.54, 1.807) is 10.6 Å². The van der Waals surface area contributed by atoms with Crippen LogP contribution < -0.4 is 5.73 Å². The second-order valence-corrected chi connectivity index (χ2v) is 3.33. The summed E-state index contributed by atoms with van der Waals surface area (Å²) in [7, 11) is 0. The first kappa shape index (κ1) is 8.04. The Kier molecular flexibility index (Phi) is 1.69. The largest absolute Gasteiger partial charge is 0.383 e. The van der Waals surface area contributed by atoms with Crippen LogP contribution in [0.3, 0.4) is 0 Å². The third-order valence-corrected chi connectivity index (χ3v) is 2.02. The second-order valence-electron chi connectivity index (χ2n) is 3.33. The molecule has 2 N–H and O–H groups in total. The molecular formula is C9H12N4. The fourth-order valence-electron chi connectivity index (χ4n) is 1.35. The minimum absolute atomic E-state index is 0.335. The van der Waals surface area contributed by atoms with Crippen molar-refractivity contribution in [2.24, 2.45) is 0 Å². The van der Waals surface area contributed by atoms with Crippen LogP contribution in [0.1, 0.15) is 25.5 Å². The standard InChI is InChI=1S/C9H12N4/c1-6(2)7-8(10)13-5-3-4-11-9(13)12-7/h3-6H,10H2,1-2H3. The molecule has 0 amide bonds. The molecule has 2 aromatic rings. The van der Waals surface area contributed by atoms with Crippen molar-refractivity contribution in [2.45, 2.75) is 19.8 Å². The molecular weight excluding hydrogens is 164 g/mol. The SMILES string of the molecule is CC(C)c1nc2ncccn2c1N. The molecule has 0 radical (unpaired) electrons. The zero-order valence-corrected chi connectivity index (χ0v) is 7.73. The fourth-order valence-corrected chi connectivity index (χ4v) is 1.35. The van der Waals surface area contributed by atoms with Gasteiger partial charge in [0.2, 0.25) is 5.78 Å². The number of aromatic nitrogens is 3. The zero-order chi connectivity index (χ0) is 9.42. The molecule has 2 rings (SSSR count). The van der Waals surface area contributed by atoms with Crippen molar-refractivity contribution in [1.29, 1.82) is 0 Å². The molecule has 4 heteroatoms. The number of nitrogens with two attached hydrogens (primary N) is 1. The lowest BCUT2D eigenvalue weighted by atomic mass is 10.1. The predicted octanol–water partition coefficient (Wildman–Crippen LogP) is 1.43. The van der Waals surface area contributed by atoms with Gasteiger partial charge in [0.1, 0.15) is 5.82 Å². The van der Waals surface area contributed by atoms with Gasteiger partial charge in [-0.1, -0.05) is 13.8 Å². The monoisotopic (exact) mass is 176 g/mol. The zero-order valence-electron chi connectivity index (χ0n) is 7.73. The average molecular weight is 176 g/mol. The van der Waals surface area contributed by atoms with Crippen LogP contribution in [0.5, 0.6) is 0 Å². The van der Waals surface area contributed by atoms with Crippen LogP contribution >= 0.6 is 0 Å². The molecule has 0 aromatic carbocycles. The molecule has 0 atom stereocenters. The molecule has 0 unspecified atom stereocenters. The minimum atomic E-state index is 0.335. The topological polar surface area (TPSA) is 56.2 Å². The van der Waals surface area contributed by atoms with Gasteiger partial charge in [0.15, 0.2) is 0 Å². The van der Waals surface area contributed by atoms with E-state index in [0.29, 0.717) is 17.5 Å². The first-order valence-corrected chi connectivity index (χ1v) is 4.28. The summed E-state index contributed by atoms with van der Waals surface area (Å²) in [6.45, 7) is 4.14. The molecule has 0 aliphatic heterocycles. The van der Waals surface area contributed by atoms with Gasteiger partial charge in [-0.3, -0.25) is 4.40 Å². The Bertz CT molecular complexity index is 430. The van der Waals surface area contributed by atoms with Crippen molar-refractivity contribution in [3.63, 3.8) is 0 Å². The Morgan fingerprint density at radius 1 is 1.46 bits per heavy atom. The highest BCUT2D eigenvalue weighted by Gasteiger charge is 2.11. The van der Waals surface area contributed by atoms with Crippen LogP contribution in [0, 0.1) is 0 Å². The van der Waals surface area contributed by atoms with Crippen molar-refractivity contribution in [2.75, 3.05) is 5.73 Å². The first-order chi connectivity index (χ1) is 6.20. The maximum Gasteiger partial charge on any atom is 0.235 e. The number of hydrogen-bond donors (Lipinski definition) is 1. The number of rotatable bonds is 1. The average Bonchev–Trinajstić information content (AvgIpc) is 2.45. The van der Waals surface area contributed by atoms with Crippen LogP contribution in [-0.4, -0.2) is 14.4 Å². The van der Waals surface area contributed by atoms with Crippen LogP contribution in [0.25, 0.3) is 5.78 Å². The molecule has 68 valence electrons. The van der Waals surface area contributed by atoms with Gasteiger partial charge in [-0.15, -0.1) is 0 Å². The van der Waals surface area contributed by atoms with Crippen molar-refractivity contribution >= 4 is 11.6 Å². The predicted molar refractivity (Wildman–Crippen MR) is 51.5 cm³/mol. The lowest BCUT2D eigenvalue weighted by Crippen LogP contribution is -1.97. The second kappa shape index (κ2) is 2.73. The highest BCUT2D eigenvalue weighted by molar-refractivity contribution is 5.49. The van der Waals surface area contributed by atoms with Gasteiger partial charge >= 0.3 is 0 Å². The van der Waals surface area contributed by atoms with Gasteiger partial charge in [0.05, 0.1) is 5.69 Å². The maximum absolute atomic E-state index is 5.90. The number of nitrogens with zero attached hydrogens (tertiary/aromatic N) is 3. The molecule has 4 nitrogen and oxygen atoms in total. The van der Waals surface area contributed by atoms with Crippen molar-refractivity contribution < 1.29 is 0 Å². The van der Waals surface area contributed by atoms with Gasteiger partial charge in [0, 0.05) is 12.4 Å². The summed E-state index contributed by atoms with van der Waals surface area (Å²) in [6.07, 6.45) is 3.59. The van der Waals surface area contributed by atoms with E-state index in [0.717, 1.165) is 5.69 Å². The molecule has 2 heterocycles. The summed E-state index contributed by atoms with van der Waals surface area (Å²) in [5, 5.41) is 0. The van der Waals surface area contributed by atoms with E-state index in [4.69, 9.17) is 5.73 Å². The molecule has 0 spiro atoms. The van der Waals surface area contributed by atoms with Crippen LogP contribution in [-0.2, 0) is 0 Å². The Labute approximate surface area is 76.4 Å². The number of imidazole rings is 1. The summed E-state index contributed by atoms with van der Waals surface area (Å²) in [5.41, 5.74) is 6.82. The molecule has 0 aliphatic carbocycles. The lowest BCUT2D eigenvalue weighted by Gasteiger charge is -2.00. The third-order valence-electron chi connectivity index (χ3n) is 2.02. The first-order valence-electron chi connectivity index (χ1n) is 4.28. The van der Waals surface area contributed by atoms with Crippen molar-refractivity contribution in [3.8, 4) is 0 Å².